The molecule has 10 heteroatoms. The monoisotopic (exact) mass is 563 g/mol. The number of aromatic nitrogens is 1. The number of para-hydroxylation sites is 1. The van der Waals surface area contributed by atoms with E-state index in [-0.39, 0.29) is 17.9 Å². The van der Waals surface area contributed by atoms with E-state index in [1.807, 2.05) is 36.4 Å². The fraction of sp³-hybridized carbons (Fsp3) is 0.250. The normalized spacial score (nSPS) is 21.6. The maximum Gasteiger partial charge on any atom is 0.408 e. The Morgan fingerprint density at radius 2 is 1.64 bits per heavy atom. The number of benzene rings is 3. The molecule has 2 aliphatic heterocycles. The van der Waals surface area contributed by atoms with Gasteiger partial charge in [-0.3, -0.25) is 19.5 Å². The Morgan fingerprint density at radius 3 is 2.31 bits per heavy atom. The second-order valence-electron chi connectivity index (χ2n) is 11.2. The first kappa shape index (κ1) is 26.0. The first-order chi connectivity index (χ1) is 20.4. The Morgan fingerprint density at radius 1 is 0.929 bits per heavy atom. The molecular weight excluding hydrogens is 534 g/mol. The maximum atomic E-state index is 13.0. The zero-order valence-corrected chi connectivity index (χ0v) is 22.7. The van der Waals surface area contributed by atoms with Gasteiger partial charge in [-0.1, -0.05) is 24.3 Å². The predicted molar refractivity (Wildman–Crippen MR) is 156 cm³/mol. The minimum absolute atomic E-state index is 0.161. The predicted octanol–water partition coefficient (Wildman–Crippen LogP) is 4.94. The molecule has 3 aliphatic rings. The van der Waals surface area contributed by atoms with E-state index in [9.17, 15) is 19.5 Å². The first-order valence-electron chi connectivity index (χ1n) is 14.0. The van der Waals surface area contributed by atoms with Gasteiger partial charge in [0.1, 0.15) is 16.9 Å². The molecule has 0 spiro atoms. The van der Waals surface area contributed by atoms with Crippen LogP contribution in [0.2, 0.25) is 0 Å². The largest absolute Gasteiger partial charge is 0.465 e. The molecule has 2 saturated heterocycles. The van der Waals surface area contributed by atoms with Crippen molar-refractivity contribution in [2.75, 3.05) is 23.7 Å². The lowest BCUT2D eigenvalue weighted by molar-refractivity contribution is -0.131. The number of carbonyl (C=O) groups excluding carboxylic acids is 2. The van der Waals surface area contributed by atoms with Crippen molar-refractivity contribution < 1.29 is 24.2 Å². The zero-order valence-electron chi connectivity index (χ0n) is 22.7. The van der Waals surface area contributed by atoms with E-state index in [1.54, 1.807) is 48.7 Å². The third kappa shape index (κ3) is 4.40. The molecule has 1 saturated carbocycles. The molecule has 3 heterocycles. The molecule has 0 unspecified atom stereocenters. The maximum absolute atomic E-state index is 13.0. The molecule has 2 bridgehead atoms. The Labute approximate surface area is 241 Å². The number of nitrogens with one attached hydrogen (secondary N) is 3. The van der Waals surface area contributed by atoms with E-state index >= 15 is 0 Å². The minimum atomic E-state index is -1.06. The number of hydrogen-bond acceptors (Lipinski definition) is 6. The number of carbonyl (C=O) groups is 3. The fourth-order valence-electron chi connectivity index (χ4n) is 6.17. The molecule has 7 rings (SSSR count). The van der Waals surface area contributed by atoms with Crippen LogP contribution in [-0.4, -0.2) is 52.0 Å². The third-order valence-electron chi connectivity index (χ3n) is 8.65. The molecule has 212 valence electrons. The number of ether oxygens (including phenoxy) is 1. The van der Waals surface area contributed by atoms with E-state index in [2.05, 4.69) is 20.9 Å². The van der Waals surface area contributed by atoms with Gasteiger partial charge in [0.2, 0.25) is 11.8 Å². The molecule has 3 fully saturated rings. The van der Waals surface area contributed by atoms with Crippen molar-refractivity contribution in [1.82, 2.24) is 15.2 Å². The van der Waals surface area contributed by atoms with Gasteiger partial charge >= 0.3 is 6.09 Å². The molecule has 4 aromatic rings. The quantitative estimate of drug-likeness (QED) is 0.234. The van der Waals surface area contributed by atoms with Crippen LogP contribution in [0.4, 0.5) is 16.2 Å². The van der Waals surface area contributed by atoms with Crippen LogP contribution in [0.15, 0.2) is 85.1 Å². The van der Waals surface area contributed by atoms with E-state index in [1.165, 1.54) is 4.90 Å². The van der Waals surface area contributed by atoms with Gasteiger partial charge in [-0.2, -0.15) is 0 Å². The molecule has 2 atom stereocenters. The number of piperazine rings is 1. The minimum Gasteiger partial charge on any atom is -0.465 e. The molecule has 42 heavy (non-hydrogen) atoms. The van der Waals surface area contributed by atoms with Crippen molar-refractivity contribution in [3.05, 3.63) is 90.6 Å². The van der Waals surface area contributed by atoms with Gasteiger partial charge in [0, 0.05) is 42.1 Å². The number of likely N-dealkylation sites (tertiary alicyclic amines) is 1. The van der Waals surface area contributed by atoms with E-state index < -0.39 is 17.0 Å². The molecule has 3 amide bonds. The first-order valence-corrected chi connectivity index (χ1v) is 14.0. The molecule has 4 N–H and O–H groups in total. The van der Waals surface area contributed by atoms with Gasteiger partial charge < -0.3 is 25.8 Å². The van der Waals surface area contributed by atoms with Gasteiger partial charge in [0.25, 0.3) is 0 Å². The summed E-state index contributed by atoms with van der Waals surface area (Å²) < 4.78 is 6.19. The average molecular weight is 564 g/mol. The molecule has 1 aliphatic carbocycles. The number of anilines is 2. The van der Waals surface area contributed by atoms with Crippen LogP contribution in [0.1, 0.15) is 24.8 Å². The lowest BCUT2D eigenvalue weighted by Crippen LogP contribution is -2.52. The third-order valence-corrected chi connectivity index (χ3v) is 8.65. The van der Waals surface area contributed by atoms with E-state index in [4.69, 9.17) is 4.74 Å². The van der Waals surface area contributed by atoms with Crippen LogP contribution < -0.4 is 20.7 Å². The van der Waals surface area contributed by atoms with Crippen molar-refractivity contribution >= 4 is 40.2 Å². The van der Waals surface area contributed by atoms with Crippen LogP contribution in [0.5, 0.6) is 11.5 Å². The number of nitrogens with zero attached hydrogens (tertiary/aromatic N) is 2. The van der Waals surface area contributed by atoms with Gasteiger partial charge in [-0.25, -0.2) is 4.79 Å². The highest BCUT2D eigenvalue weighted by Gasteiger charge is 2.56. The summed E-state index contributed by atoms with van der Waals surface area (Å²) in [5.74, 6) is 0.555. The number of pyridine rings is 1. The topological polar surface area (TPSA) is 133 Å². The van der Waals surface area contributed by atoms with Crippen LogP contribution in [0, 0.1) is 5.41 Å². The summed E-state index contributed by atoms with van der Waals surface area (Å²) in [6.45, 7) is 1.05. The summed E-state index contributed by atoms with van der Waals surface area (Å²) in [5, 5.41) is 19.7. The van der Waals surface area contributed by atoms with Gasteiger partial charge in [-0.05, 0) is 79.4 Å². The number of rotatable bonds is 7. The summed E-state index contributed by atoms with van der Waals surface area (Å²) in [6.07, 6.45) is 2.50. The Kier molecular flexibility index (Phi) is 6.09. The van der Waals surface area contributed by atoms with Gasteiger partial charge in [0.05, 0.1) is 11.1 Å². The molecular formula is C32H29N5O5. The molecule has 1 aromatic heterocycles. The molecule has 10 nitrogen and oxygen atoms in total. The SMILES string of the molecule is O=C(O)N1C[C@H]2C[C@@]1(c1ccc3c(Oc4ccc(NC(=O)C5(C(=O)Nc6ccccc6)CC5)cc4)ccnc3c1)CN2. The second-order valence-corrected chi connectivity index (χ2v) is 11.2. The zero-order chi connectivity index (χ0) is 28.9. The highest BCUT2D eigenvalue weighted by molar-refractivity contribution is 6.16. The molecule has 3 aromatic carbocycles. The standard InChI is InChI=1S/C32H29N5O5/c38-28(35-21-4-2-1-3-5-21)31(13-14-31)29(39)36-22-7-9-24(10-8-22)42-27-12-15-33-26-16-20(6-11-25(26)27)32-17-23(34-19-32)18-37(32)30(40)41/h1-12,15-16,23,34H,13-14,17-19H2,(H,35,38)(H,36,39)(H,40,41)/t23-,32+/m1/s1. The summed E-state index contributed by atoms with van der Waals surface area (Å²) in [6, 6.07) is 23.9. The number of hydrogen-bond donors (Lipinski definition) is 4. The van der Waals surface area contributed by atoms with Crippen molar-refractivity contribution in [3.8, 4) is 11.5 Å². The van der Waals surface area contributed by atoms with Crippen molar-refractivity contribution in [1.29, 1.82) is 0 Å². The lowest BCUT2D eigenvalue weighted by Gasteiger charge is -2.37. The summed E-state index contributed by atoms with van der Waals surface area (Å²) in [7, 11) is 0. The van der Waals surface area contributed by atoms with Crippen LogP contribution >= 0.6 is 0 Å². The molecule has 0 radical (unpaired) electrons. The average Bonchev–Trinajstić information content (AvgIpc) is 3.60. The summed E-state index contributed by atoms with van der Waals surface area (Å²) in [5.41, 5.74) is 1.21. The highest BCUT2D eigenvalue weighted by atomic mass is 16.5. The van der Waals surface area contributed by atoms with Crippen LogP contribution in [0.3, 0.4) is 0 Å². The Hall–Kier alpha value is -4.96. The van der Waals surface area contributed by atoms with Crippen molar-refractivity contribution in [2.24, 2.45) is 5.41 Å². The fourth-order valence-corrected chi connectivity index (χ4v) is 6.17. The number of fused-ring (bicyclic) bond motifs is 3. The summed E-state index contributed by atoms with van der Waals surface area (Å²) in [4.78, 5) is 43.9. The lowest BCUT2D eigenvalue weighted by atomic mass is 9.88. The summed E-state index contributed by atoms with van der Waals surface area (Å²) >= 11 is 0. The Bertz CT molecular complexity index is 1710. The number of amides is 3. The number of carboxylic acid groups (broad SMARTS) is 1. The van der Waals surface area contributed by atoms with Gasteiger partial charge in [0.15, 0.2) is 0 Å². The van der Waals surface area contributed by atoms with Gasteiger partial charge in [-0.15, -0.1) is 0 Å². The van der Waals surface area contributed by atoms with E-state index in [0.717, 1.165) is 17.4 Å². The Balaban J connectivity index is 1.05. The van der Waals surface area contributed by atoms with Crippen LogP contribution in [-0.2, 0) is 15.1 Å². The van der Waals surface area contributed by atoms with Crippen molar-refractivity contribution in [2.45, 2.75) is 30.8 Å². The van der Waals surface area contributed by atoms with E-state index in [0.29, 0.717) is 54.3 Å². The highest BCUT2D eigenvalue weighted by Crippen LogP contribution is 2.48. The second kappa shape index (κ2) is 9.85. The van der Waals surface area contributed by atoms with Crippen molar-refractivity contribution in [3.63, 3.8) is 0 Å². The van der Waals surface area contributed by atoms with Crippen LogP contribution in [0.25, 0.3) is 10.9 Å². The smallest absolute Gasteiger partial charge is 0.408 e.